The van der Waals surface area contributed by atoms with Gasteiger partial charge in [0, 0.05) is 38.8 Å². The number of nitrogens with one attached hydrogen (secondary N) is 2. The zero-order chi connectivity index (χ0) is 18.4. The first-order valence-corrected chi connectivity index (χ1v) is 8.45. The normalized spacial score (nSPS) is 12.2. The van der Waals surface area contributed by atoms with E-state index in [4.69, 9.17) is 4.42 Å². The van der Waals surface area contributed by atoms with Crippen molar-refractivity contribution in [3.8, 4) is 0 Å². The van der Waals surface area contributed by atoms with Crippen LogP contribution in [0.2, 0.25) is 0 Å². The average molecular weight is 343 g/mol. The first-order chi connectivity index (χ1) is 11.8. The van der Waals surface area contributed by atoms with Crippen LogP contribution in [0.4, 0.5) is 5.69 Å². The van der Waals surface area contributed by atoms with Crippen molar-refractivity contribution in [1.29, 1.82) is 0 Å². The first kappa shape index (κ1) is 18.8. The van der Waals surface area contributed by atoms with Crippen LogP contribution >= 0.6 is 0 Å². The number of benzene rings is 1. The number of nitrogens with zero attached hydrogens (tertiary/aromatic N) is 3. The fraction of sp³-hybridized carbons (Fsp3) is 0.474. The molecule has 0 radical (unpaired) electrons. The summed E-state index contributed by atoms with van der Waals surface area (Å²) in [6.45, 7) is 7.50. The molecule has 0 unspecified atom stereocenters. The summed E-state index contributed by atoms with van der Waals surface area (Å²) in [5, 5.41) is 6.54. The van der Waals surface area contributed by atoms with Crippen LogP contribution in [0.15, 0.2) is 39.9 Å². The highest BCUT2D eigenvalue weighted by atomic mass is 16.4. The molecule has 0 amide bonds. The maximum absolute atomic E-state index is 5.79. The Morgan fingerprint density at radius 3 is 2.52 bits per heavy atom. The highest BCUT2D eigenvalue weighted by Crippen LogP contribution is 2.22. The molecule has 2 aromatic rings. The second-order valence-corrected chi connectivity index (χ2v) is 7.21. The fourth-order valence-electron chi connectivity index (χ4n) is 2.25. The van der Waals surface area contributed by atoms with Gasteiger partial charge in [0.05, 0.1) is 12.7 Å². The second-order valence-electron chi connectivity index (χ2n) is 7.21. The summed E-state index contributed by atoms with van der Waals surface area (Å²) in [5.41, 5.74) is 2.33. The third-order valence-electron chi connectivity index (χ3n) is 3.81. The number of guanidine groups is 1. The average Bonchev–Trinajstić information content (AvgIpc) is 3.04. The van der Waals surface area contributed by atoms with Crippen LogP contribution in [0, 0.1) is 0 Å². The van der Waals surface area contributed by atoms with Gasteiger partial charge in [-0.15, -0.1) is 0 Å². The number of rotatable bonds is 5. The number of anilines is 1. The molecule has 0 spiro atoms. The molecule has 0 bridgehead atoms. The molecule has 1 heterocycles. The largest absolute Gasteiger partial charge is 0.443 e. The van der Waals surface area contributed by atoms with Crippen LogP contribution in [0.1, 0.15) is 38.0 Å². The minimum Gasteiger partial charge on any atom is -0.443 e. The fourth-order valence-corrected chi connectivity index (χ4v) is 2.25. The van der Waals surface area contributed by atoms with E-state index in [2.05, 4.69) is 70.5 Å². The van der Waals surface area contributed by atoms with Crippen LogP contribution in [-0.4, -0.2) is 32.1 Å². The topological polar surface area (TPSA) is 65.7 Å². The van der Waals surface area contributed by atoms with E-state index in [-0.39, 0.29) is 5.41 Å². The molecule has 136 valence electrons. The van der Waals surface area contributed by atoms with Crippen molar-refractivity contribution in [2.45, 2.75) is 39.3 Å². The van der Waals surface area contributed by atoms with Crippen molar-refractivity contribution in [1.82, 2.24) is 15.6 Å². The predicted octanol–water partition coefficient (Wildman–Crippen LogP) is 2.90. The summed E-state index contributed by atoms with van der Waals surface area (Å²) >= 11 is 0. The molecule has 1 aromatic heterocycles. The Labute approximate surface area is 150 Å². The van der Waals surface area contributed by atoms with Crippen LogP contribution in [0.25, 0.3) is 0 Å². The summed E-state index contributed by atoms with van der Waals surface area (Å²) < 4.78 is 5.79. The molecule has 0 atom stereocenters. The van der Waals surface area contributed by atoms with Crippen LogP contribution in [-0.2, 0) is 18.5 Å². The smallest absolute Gasteiger partial charge is 0.213 e. The lowest BCUT2D eigenvalue weighted by atomic mass is 9.94. The standard InChI is InChI=1S/C19H29N5O/c1-19(2,3)16-12-21-17(25-16)13-23-18(20-4)22-11-14-8-7-9-15(10-14)24(5)6/h7-10,12H,11,13H2,1-6H3,(H2,20,22,23). The van der Waals surface area contributed by atoms with Crippen LogP contribution in [0.3, 0.4) is 0 Å². The summed E-state index contributed by atoms with van der Waals surface area (Å²) in [5.74, 6) is 2.25. The quantitative estimate of drug-likeness (QED) is 0.645. The Morgan fingerprint density at radius 1 is 1.20 bits per heavy atom. The molecular formula is C19H29N5O. The molecule has 0 aliphatic heterocycles. The number of oxazole rings is 1. The molecule has 0 saturated heterocycles. The molecule has 6 nitrogen and oxygen atoms in total. The SMILES string of the molecule is CN=C(NCc1cccc(N(C)C)c1)NCc1ncc(C(C)(C)C)o1. The van der Waals surface area contributed by atoms with Gasteiger partial charge in [-0.3, -0.25) is 4.99 Å². The van der Waals surface area contributed by atoms with E-state index in [0.29, 0.717) is 24.9 Å². The first-order valence-electron chi connectivity index (χ1n) is 8.45. The van der Waals surface area contributed by atoms with Gasteiger partial charge in [0.25, 0.3) is 0 Å². The molecule has 25 heavy (non-hydrogen) atoms. The minimum atomic E-state index is -0.0391. The van der Waals surface area contributed by atoms with Gasteiger partial charge in [-0.25, -0.2) is 4.98 Å². The molecule has 2 rings (SSSR count). The van der Waals surface area contributed by atoms with Gasteiger partial charge in [0.2, 0.25) is 5.89 Å². The third-order valence-corrected chi connectivity index (χ3v) is 3.81. The van der Waals surface area contributed by atoms with Crippen molar-refractivity contribution in [2.24, 2.45) is 4.99 Å². The zero-order valence-corrected chi connectivity index (χ0v) is 16.1. The molecule has 2 N–H and O–H groups in total. The number of hydrogen-bond acceptors (Lipinski definition) is 4. The summed E-state index contributed by atoms with van der Waals surface area (Å²) in [4.78, 5) is 10.7. The number of aliphatic imine (C=N–C) groups is 1. The molecule has 6 heteroatoms. The van der Waals surface area contributed by atoms with Crippen LogP contribution < -0.4 is 15.5 Å². The lowest BCUT2D eigenvalue weighted by Crippen LogP contribution is -2.36. The summed E-state index contributed by atoms with van der Waals surface area (Å²) in [6.07, 6.45) is 1.79. The maximum Gasteiger partial charge on any atom is 0.213 e. The van der Waals surface area contributed by atoms with Gasteiger partial charge in [-0.1, -0.05) is 32.9 Å². The van der Waals surface area contributed by atoms with Gasteiger partial charge in [0.1, 0.15) is 5.76 Å². The second kappa shape index (κ2) is 8.05. The van der Waals surface area contributed by atoms with E-state index in [1.807, 2.05) is 14.1 Å². The molecule has 0 fully saturated rings. The highest BCUT2D eigenvalue weighted by molar-refractivity contribution is 5.79. The Morgan fingerprint density at radius 2 is 1.92 bits per heavy atom. The lowest BCUT2D eigenvalue weighted by Gasteiger charge is -2.15. The van der Waals surface area contributed by atoms with Crippen molar-refractivity contribution in [3.05, 3.63) is 47.7 Å². The zero-order valence-electron chi connectivity index (χ0n) is 16.1. The van der Waals surface area contributed by atoms with Gasteiger partial charge in [0.15, 0.2) is 5.96 Å². The van der Waals surface area contributed by atoms with E-state index in [1.54, 1.807) is 13.2 Å². The Hall–Kier alpha value is -2.50. The van der Waals surface area contributed by atoms with Gasteiger partial charge in [-0.2, -0.15) is 0 Å². The monoisotopic (exact) mass is 343 g/mol. The van der Waals surface area contributed by atoms with Crippen molar-refractivity contribution in [2.75, 3.05) is 26.0 Å². The van der Waals surface area contributed by atoms with E-state index in [0.717, 1.165) is 5.76 Å². The van der Waals surface area contributed by atoms with Gasteiger partial charge in [-0.05, 0) is 17.7 Å². The van der Waals surface area contributed by atoms with E-state index < -0.39 is 0 Å². The number of aromatic nitrogens is 1. The molecule has 0 aliphatic rings. The molecular weight excluding hydrogens is 314 g/mol. The van der Waals surface area contributed by atoms with Crippen molar-refractivity contribution >= 4 is 11.6 Å². The van der Waals surface area contributed by atoms with Crippen LogP contribution in [0.5, 0.6) is 0 Å². The van der Waals surface area contributed by atoms with Crippen molar-refractivity contribution in [3.63, 3.8) is 0 Å². The minimum absolute atomic E-state index is 0.0391. The molecule has 0 aliphatic carbocycles. The van der Waals surface area contributed by atoms with Crippen molar-refractivity contribution < 1.29 is 4.42 Å². The molecule has 0 saturated carbocycles. The van der Waals surface area contributed by atoms with Gasteiger partial charge >= 0.3 is 0 Å². The van der Waals surface area contributed by atoms with Gasteiger partial charge < -0.3 is 20.0 Å². The third kappa shape index (κ3) is 5.52. The molecule has 1 aromatic carbocycles. The number of hydrogen-bond donors (Lipinski definition) is 2. The predicted molar refractivity (Wildman–Crippen MR) is 103 cm³/mol. The maximum atomic E-state index is 5.79. The summed E-state index contributed by atoms with van der Waals surface area (Å²) in [6, 6.07) is 8.40. The Bertz CT molecular complexity index is 713. The highest BCUT2D eigenvalue weighted by Gasteiger charge is 2.19. The van der Waals surface area contributed by atoms with E-state index >= 15 is 0 Å². The summed E-state index contributed by atoms with van der Waals surface area (Å²) in [7, 11) is 5.83. The Balaban J connectivity index is 1.89. The van der Waals surface area contributed by atoms with E-state index in [1.165, 1.54) is 11.3 Å². The Kier molecular flexibility index (Phi) is 6.07. The lowest BCUT2D eigenvalue weighted by molar-refractivity contribution is 0.379. The van der Waals surface area contributed by atoms with E-state index in [9.17, 15) is 0 Å².